The molecule has 1 spiro atoms. The van der Waals surface area contributed by atoms with Gasteiger partial charge in [0.2, 0.25) is 0 Å². The molecule has 1 atom stereocenters. The fraction of sp³-hybridized carbons (Fsp3) is 1.00. The summed E-state index contributed by atoms with van der Waals surface area (Å²) in [5, 5.41) is 10.8. The van der Waals surface area contributed by atoms with Gasteiger partial charge >= 0.3 is 0 Å². The third-order valence-electron chi connectivity index (χ3n) is 5.51. The van der Waals surface area contributed by atoms with Gasteiger partial charge in [-0.2, -0.15) is 0 Å². The summed E-state index contributed by atoms with van der Waals surface area (Å²) < 4.78 is 5.13. The molecular weight excluding hydrogens is 212 g/mol. The molecule has 0 aliphatic heterocycles. The SMILES string of the molecule is COCCC(C)C1(O)CCC2(CCCC2)CC1. The van der Waals surface area contributed by atoms with Crippen molar-refractivity contribution in [1.29, 1.82) is 0 Å². The summed E-state index contributed by atoms with van der Waals surface area (Å²) in [6.07, 6.45) is 11.2. The van der Waals surface area contributed by atoms with Crippen molar-refractivity contribution in [3.8, 4) is 0 Å². The van der Waals surface area contributed by atoms with Crippen molar-refractivity contribution < 1.29 is 9.84 Å². The number of methoxy groups -OCH3 is 1. The molecule has 0 amide bonds. The first-order valence-corrected chi connectivity index (χ1v) is 7.32. The predicted molar refractivity (Wildman–Crippen MR) is 70.0 cm³/mol. The summed E-state index contributed by atoms with van der Waals surface area (Å²) in [6, 6.07) is 0. The highest BCUT2D eigenvalue weighted by Crippen LogP contribution is 2.52. The van der Waals surface area contributed by atoms with Crippen LogP contribution < -0.4 is 0 Å². The van der Waals surface area contributed by atoms with Gasteiger partial charge in [0.25, 0.3) is 0 Å². The lowest BCUT2D eigenvalue weighted by Crippen LogP contribution is -2.43. The molecule has 2 saturated carbocycles. The molecule has 0 aromatic carbocycles. The van der Waals surface area contributed by atoms with Gasteiger partial charge in [-0.05, 0) is 56.3 Å². The molecule has 0 radical (unpaired) electrons. The van der Waals surface area contributed by atoms with Crippen LogP contribution in [-0.4, -0.2) is 24.4 Å². The van der Waals surface area contributed by atoms with Crippen molar-refractivity contribution >= 4 is 0 Å². The summed E-state index contributed by atoms with van der Waals surface area (Å²) in [5.74, 6) is 0.376. The van der Waals surface area contributed by atoms with Gasteiger partial charge in [0.1, 0.15) is 0 Å². The van der Waals surface area contributed by atoms with Gasteiger partial charge in [0, 0.05) is 13.7 Å². The third kappa shape index (κ3) is 2.85. The highest BCUT2D eigenvalue weighted by molar-refractivity contribution is 4.97. The second-order valence-electron chi connectivity index (χ2n) is 6.49. The molecule has 2 aliphatic carbocycles. The molecule has 2 nitrogen and oxygen atoms in total. The summed E-state index contributed by atoms with van der Waals surface area (Å²) in [6.45, 7) is 2.96. The van der Waals surface area contributed by atoms with Crippen LogP contribution in [0.4, 0.5) is 0 Å². The Labute approximate surface area is 106 Å². The minimum absolute atomic E-state index is 0.376. The van der Waals surface area contributed by atoms with E-state index in [0.29, 0.717) is 11.3 Å². The van der Waals surface area contributed by atoms with Crippen LogP contribution in [0.1, 0.15) is 64.7 Å². The van der Waals surface area contributed by atoms with Crippen LogP contribution in [0.3, 0.4) is 0 Å². The van der Waals surface area contributed by atoms with E-state index in [2.05, 4.69) is 6.92 Å². The number of ether oxygens (including phenoxy) is 1. The lowest BCUT2D eigenvalue weighted by Gasteiger charge is -2.45. The predicted octanol–water partition coefficient (Wildman–Crippen LogP) is 3.52. The molecule has 0 saturated heterocycles. The van der Waals surface area contributed by atoms with E-state index in [1.54, 1.807) is 7.11 Å². The molecule has 2 fully saturated rings. The molecule has 17 heavy (non-hydrogen) atoms. The molecule has 0 heterocycles. The van der Waals surface area contributed by atoms with E-state index in [0.717, 1.165) is 25.9 Å². The van der Waals surface area contributed by atoms with E-state index in [9.17, 15) is 5.11 Å². The summed E-state index contributed by atoms with van der Waals surface area (Å²) in [4.78, 5) is 0. The van der Waals surface area contributed by atoms with Crippen molar-refractivity contribution in [2.45, 2.75) is 70.3 Å². The maximum atomic E-state index is 10.8. The molecular formula is C15H28O2. The average Bonchev–Trinajstić information content (AvgIpc) is 2.79. The minimum atomic E-state index is -0.410. The number of aliphatic hydroxyl groups is 1. The minimum Gasteiger partial charge on any atom is -0.390 e. The highest BCUT2D eigenvalue weighted by atomic mass is 16.5. The molecule has 2 heteroatoms. The normalized spacial score (nSPS) is 28.4. The van der Waals surface area contributed by atoms with Crippen LogP contribution in [0, 0.1) is 11.3 Å². The zero-order valence-corrected chi connectivity index (χ0v) is 11.5. The Bertz CT molecular complexity index is 233. The lowest BCUT2D eigenvalue weighted by atomic mass is 9.64. The van der Waals surface area contributed by atoms with Crippen molar-refractivity contribution in [2.75, 3.05) is 13.7 Å². The maximum absolute atomic E-state index is 10.8. The largest absolute Gasteiger partial charge is 0.390 e. The lowest BCUT2D eigenvalue weighted by molar-refractivity contribution is -0.0775. The topological polar surface area (TPSA) is 29.5 Å². The van der Waals surface area contributed by atoms with Crippen LogP contribution in [0.15, 0.2) is 0 Å². The number of rotatable bonds is 4. The summed E-state index contributed by atoms with van der Waals surface area (Å²) in [7, 11) is 1.74. The number of hydrogen-bond donors (Lipinski definition) is 1. The fourth-order valence-electron chi connectivity index (χ4n) is 3.89. The van der Waals surface area contributed by atoms with Crippen molar-refractivity contribution in [3.05, 3.63) is 0 Å². The first-order valence-electron chi connectivity index (χ1n) is 7.32. The van der Waals surface area contributed by atoms with Gasteiger partial charge < -0.3 is 9.84 Å². The molecule has 100 valence electrons. The summed E-state index contributed by atoms with van der Waals surface area (Å²) >= 11 is 0. The molecule has 0 bridgehead atoms. The standard InChI is InChI=1S/C15H28O2/c1-13(5-12-17-2)15(16)10-8-14(9-11-15)6-3-4-7-14/h13,16H,3-12H2,1-2H3. The van der Waals surface area contributed by atoms with Gasteiger partial charge in [-0.1, -0.05) is 19.8 Å². The van der Waals surface area contributed by atoms with E-state index >= 15 is 0 Å². The van der Waals surface area contributed by atoms with Gasteiger partial charge in [-0.25, -0.2) is 0 Å². The summed E-state index contributed by atoms with van der Waals surface area (Å²) in [5.41, 5.74) is 0.208. The van der Waals surface area contributed by atoms with E-state index in [4.69, 9.17) is 4.74 Å². The van der Waals surface area contributed by atoms with Crippen LogP contribution in [0.5, 0.6) is 0 Å². The quantitative estimate of drug-likeness (QED) is 0.814. The van der Waals surface area contributed by atoms with Crippen LogP contribution in [0.2, 0.25) is 0 Å². The van der Waals surface area contributed by atoms with Crippen LogP contribution in [-0.2, 0) is 4.74 Å². The Morgan fingerprint density at radius 3 is 2.18 bits per heavy atom. The van der Waals surface area contributed by atoms with Crippen molar-refractivity contribution in [3.63, 3.8) is 0 Å². The second kappa shape index (κ2) is 5.27. The molecule has 0 aromatic rings. The molecule has 2 rings (SSSR count). The molecule has 1 N–H and O–H groups in total. The van der Waals surface area contributed by atoms with E-state index in [1.807, 2.05) is 0 Å². The maximum Gasteiger partial charge on any atom is 0.0674 e. The number of hydrogen-bond acceptors (Lipinski definition) is 2. The Morgan fingerprint density at radius 2 is 1.65 bits per heavy atom. The van der Waals surface area contributed by atoms with Crippen molar-refractivity contribution in [2.24, 2.45) is 11.3 Å². The van der Waals surface area contributed by atoms with Crippen molar-refractivity contribution in [1.82, 2.24) is 0 Å². The first-order chi connectivity index (χ1) is 8.10. The Kier molecular flexibility index (Phi) is 4.14. The Balaban J connectivity index is 1.87. The molecule has 1 unspecified atom stereocenters. The zero-order chi connectivity index (χ0) is 12.4. The van der Waals surface area contributed by atoms with Gasteiger partial charge in [-0.3, -0.25) is 0 Å². The molecule has 0 aromatic heterocycles. The monoisotopic (exact) mass is 240 g/mol. The zero-order valence-electron chi connectivity index (χ0n) is 11.5. The molecule has 2 aliphatic rings. The smallest absolute Gasteiger partial charge is 0.0674 e. The van der Waals surface area contributed by atoms with E-state index in [1.165, 1.54) is 38.5 Å². The van der Waals surface area contributed by atoms with E-state index in [-0.39, 0.29) is 0 Å². The van der Waals surface area contributed by atoms with Gasteiger partial charge in [0.15, 0.2) is 0 Å². The third-order valence-corrected chi connectivity index (χ3v) is 5.51. The van der Waals surface area contributed by atoms with Crippen LogP contribution >= 0.6 is 0 Å². The fourth-order valence-corrected chi connectivity index (χ4v) is 3.89. The van der Waals surface area contributed by atoms with Crippen LogP contribution in [0.25, 0.3) is 0 Å². The second-order valence-corrected chi connectivity index (χ2v) is 6.49. The highest BCUT2D eigenvalue weighted by Gasteiger charge is 2.44. The Morgan fingerprint density at radius 1 is 1.06 bits per heavy atom. The Hall–Kier alpha value is -0.0800. The van der Waals surface area contributed by atoms with Gasteiger partial charge in [0.05, 0.1) is 5.60 Å². The van der Waals surface area contributed by atoms with E-state index < -0.39 is 5.60 Å². The van der Waals surface area contributed by atoms with Gasteiger partial charge in [-0.15, -0.1) is 0 Å². The first kappa shape index (κ1) is 13.4. The average molecular weight is 240 g/mol.